The Balaban J connectivity index is 2.50. The van der Waals surface area contributed by atoms with Crippen molar-refractivity contribution in [3.63, 3.8) is 0 Å². The fourth-order valence-electron chi connectivity index (χ4n) is 3.15. The predicted molar refractivity (Wildman–Crippen MR) is 131 cm³/mol. The number of allylic oxidation sites excluding steroid dienone is 6. The highest BCUT2D eigenvalue weighted by Crippen LogP contribution is 2.21. The molecule has 0 aliphatic heterocycles. The smallest absolute Gasteiger partial charge is 0.335 e. The minimum Gasteiger partial charge on any atom is -0.508 e. The first-order valence-corrected chi connectivity index (χ1v) is 11.1. The molecule has 0 aromatic heterocycles. The molecule has 0 spiro atoms. The number of aromatic carboxylic acids is 1. The SMILES string of the molecule is C/C(=C\CC/C(C)=C/Cc1cc(C(=O)O)ccc1O)C/C=C/[C@](C)(O)CC/C=C(\C)C(=O)O. The Morgan fingerprint density at radius 1 is 1.00 bits per heavy atom. The van der Waals surface area contributed by atoms with Gasteiger partial charge in [-0.3, -0.25) is 0 Å². The van der Waals surface area contributed by atoms with Gasteiger partial charge in [0, 0.05) is 5.57 Å². The van der Waals surface area contributed by atoms with Gasteiger partial charge in [0.05, 0.1) is 11.2 Å². The lowest BCUT2D eigenvalue weighted by molar-refractivity contribution is -0.132. The van der Waals surface area contributed by atoms with Crippen molar-refractivity contribution in [2.45, 2.75) is 71.8 Å². The number of phenols is 1. The lowest BCUT2D eigenvalue weighted by Gasteiger charge is -2.17. The third-order valence-electron chi connectivity index (χ3n) is 5.38. The molecular formula is C27H36O6. The van der Waals surface area contributed by atoms with Gasteiger partial charge < -0.3 is 20.4 Å². The Labute approximate surface area is 196 Å². The zero-order chi connectivity index (χ0) is 25.0. The molecule has 180 valence electrons. The Morgan fingerprint density at radius 3 is 2.33 bits per heavy atom. The monoisotopic (exact) mass is 456 g/mol. The topological polar surface area (TPSA) is 115 Å². The zero-order valence-corrected chi connectivity index (χ0v) is 20.0. The summed E-state index contributed by atoms with van der Waals surface area (Å²) in [6.07, 6.45) is 13.3. The van der Waals surface area contributed by atoms with Gasteiger partial charge in [-0.2, -0.15) is 0 Å². The normalized spacial score (nSPS) is 15.0. The molecular weight excluding hydrogens is 420 g/mol. The molecule has 0 amide bonds. The molecule has 1 rings (SSSR count). The van der Waals surface area contributed by atoms with Crippen molar-refractivity contribution in [1.29, 1.82) is 0 Å². The van der Waals surface area contributed by atoms with Gasteiger partial charge in [0.2, 0.25) is 0 Å². The Bertz CT molecular complexity index is 947. The van der Waals surface area contributed by atoms with E-state index in [-0.39, 0.29) is 16.9 Å². The van der Waals surface area contributed by atoms with Crippen molar-refractivity contribution < 1.29 is 30.0 Å². The molecule has 1 aromatic rings. The van der Waals surface area contributed by atoms with E-state index in [9.17, 15) is 19.8 Å². The molecule has 6 nitrogen and oxygen atoms in total. The number of carboxylic acid groups (broad SMARTS) is 2. The number of hydrogen-bond donors (Lipinski definition) is 4. The Hall–Kier alpha value is -3.12. The van der Waals surface area contributed by atoms with E-state index in [0.29, 0.717) is 24.8 Å². The van der Waals surface area contributed by atoms with Crippen LogP contribution in [-0.2, 0) is 11.2 Å². The molecule has 0 heterocycles. The van der Waals surface area contributed by atoms with Crippen molar-refractivity contribution >= 4 is 11.9 Å². The number of hydrogen-bond acceptors (Lipinski definition) is 4. The van der Waals surface area contributed by atoms with Gasteiger partial charge in [0.15, 0.2) is 0 Å². The summed E-state index contributed by atoms with van der Waals surface area (Å²) in [4.78, 5) is 21.9. The summed E-state index contributed by atoms with van der Waals surface area (Å²) in [6.45, 7) is 7.30. The van der Waals surface area contributed by atoms with E-state index in [2.05, 4.69) is 6.08 Å². The van der Waals surface area contributed by atoms with Gasteiger partial charge in [0.1, 0.15) is 5.75 Å². The van der Waals surface area contributed by atoms with E-state index in [1.54, 1.807) is 26.0 Å². The molecule has 0 aliphatic rings. The number of carboxylic acids is 2. The molecule has 1 atom stereocenters. The maximum absolute atomic E-state index is 11.1. The van der Waals surface area contributed by atoms with E-state index in [0.717, 1.165) is 24.8 Å². The molecule has 33 heavy (non-hydrogen) atoms. The van der Waals surface area contributed by atoms with E-state index >= 15 is 0 Å². The van der Waals surface area contributed by atoms with Crippen molar-refractivity contribution in [2.24, 2.45) is 0 Å². The summed E-state index contributed by atoms with van der Waals surface area (Å²) in [6, 6.07) is 4.29. The first-order valence-electron chi connectivity index (χ1n) is 11.1. The van der Waals surface area contributed by atoms with Crippen molar-refractivity contribution in [1.82, 2.24) is 0 Å². The third-order valence-corrected chi connectivity index (χ3v) is 5.38. The minimum atomic E-state index is -1.02. The highest BCUT2D eigenvalue weighted by atomic mass is 16.4. The molecule has 1 aromatic carbocycles. The number of benzene rings is 1. The maximum atomic E-state index is 11.1. The largest absolute Gasteiger partial charge is 0.508 e. The molecule has 0 bridgehead atoms. The van der Waals surface area contributed by atoms with Gasteiger partial charge in [-0.25, -0.2) is 9.59 Å². The van der Waals surface area contributed by atoms with Crippen molar-refractivity contribution in [2.75, 3.05) is 0 Å². The number of carbonyl (C=O) groups is 2. The Morgan fingerprint density at radius 2 is 1.70 bits per heavy atom. The first kappa shape index (κ1) is 27.9. The van der Waals surface area contributed by atoms with E-state index < -0.39 is 17.5 Å². The minimum absolute atomic E-state index is 0.0931. The summed E-state index contributed by atoms with van der Waals surface area (Å²) >= 11 is 0. The molecule has 0 fully saturated rings. The van der Waals surface area contributed by atoms with Crippen LogP contribution in [0.15, 0.2) is 65.3 Å². The number of aromatic hydroxyl groups is 1. The quantitative estimate of drug-likeness (QED) is 0.220. The zero-order valence-electron chi connectivity index (χ0n) is 20.0. The van der Waals surface area contributed by atoms with Crippen LogP contribution in [0, 0.1) is 0 Å². The molecule has 0 radical (unpaired) electrons. The average molecular weight is 457 g/mol. The van der Waals surface area contributed by atoms with E-state index in [1.807, 2.05) is 26.0 Å². The van der Waals surface area contributed by atoms with Crippen LogP contribution in [0.3, 0.4) is 0 Å². The number of aliphatic hydroxyl groups is 1. The van der Waals surface area contributed by atoms with Crippen LogP contribution >= 0.6 is 0 Å². The van der Waals surface area contributed by atoms with Gasteiger partial charge in [-0.05, 0) is 90.0 Å². The summed E-state index contributed by atoms with van der Waals surface area (Å²) in [5, 5.41) is 38.3. The standard InChI is InChI=1S/C27H36O6/c1-19(10-6-16-27(4,33)17-7-11-21(3)25(29)30)8-5-9-20(2)12-13-22-18-23(26(31)32)14-15-24(22)28/h6,8,11-12,14-16,18,28,33H,5,7,9-10,13,17H2,1-4H3,(H,29,30)(H,31,32)/b16-6+,19-8+,20-12+,21-11+/t27-/m0/s1. The summed E-state index contributed by atoms with van der Waals surface area (Å²) in [5.74, 6) is -1.87. The van der Waals surface area contributed by atoms with Crippen LogP contribution in [0.25, 0.3) is 0 Å². The van der Waals surface area contributed by atoms with E-state index in [4.69, 9.17) is 10.2 Å². The van der Waals surface area contributed by atoms with Crippen molar-refractivity contribution in [3.8, 4) is 5.75 Å². The molecule has 0 saturated carbocycles. The van der Waals surface area contributed by atoms with Crippen LogP contribution in [-0.4, -0.2) is 38.0 Å². The van der Waals surface area contributed by atoms with Crippen LogP contribution in [0.2, 0.25) is 0 Å². The summed E-state index contributed by atoms with van der Waals surface area (Å²) < 4.78 is 0. The second-order valence-electron chi connectivity index (χ2n) is 8.69. The Kier molecular flexibility index (Phi) is 11.4. The summed E-state index contributed by atoms with van der Waals surface area (Å²) in [5.41, 5.74) is 2.38. The van der Waals surface area contributed by atoms with Gasteiger partial charge >= 0.3 is 11.9 Å². The van der Waals surface area contributed by atoms with Crippen LogP contribution < -0.4 is 0 Å². The fourth-order valence-corrected chi connectivity index (χ4v) is 3.15. The summed E-state index contributed by atoms with van der Waals surface area (Å²) in [7, 11) is 0. The van der Waals surface area contributed by atoms with Crippen LogP contribution in [0.1, 0.15) is 75.7 Å². The highest BCUT2D eigenvalue weighted by Gasteiger charge is 2.15. The van der Waals surface area contributed by atoms with Crippen LogP contribution in [0.5, 0.6) is 5.75 Å². The van der Waals surface area contributed by atoms with Gasteiger partial charge in [-0.1, -0.05) is 41.5 Å². The molecule has 0 aliphatic carbocycles. The second kappa shape index (κ2) is 13.4. The third kappa shape index (κ3) is 11.3. The van der Waals surface area contributed by atoms with Crippen LogP contribution in [0.4, 0.5) is 0 Å². The number of aliphatic carboxylic acids is 1. The predicted octanol–water partition coefficient (Wildman–Crippen LogP) is 5.81. The van der Waals surface area contributed by atoms with Crippen molar-refractivity contribution in [3.05, 3.63) is 76.4 Å². The fraction of sp³-hybridized carbons (Fsp3) is 0.407. The number of rotatable bonds is 13. The first-order chi connectivity index (χ1) is 15.4. The van der Waals surface area contributed by atoms with Gasteiger partial charge in [0.25, 0.3) is 0 Å². The lowest BCUT2D eigenvalue weighted by atomic mass is 9.97. The number of phenolic OH excluding ortho intramolecular Hbond substituents is 1. The second-order valence-corrected chi connectivity index (χ2v) is 8.69. The average Bonchev–Trinajstić information content (AvgIpc) is 2.72. The molecule has 0 unspecified atom stereocenters. The molecule has 4 N–H and O–H groups in total. The highest BCUT2D eigenvalue weighted by molar-refractivity contribution is 5.88. The lowest BCUT2D eigenvalue weighted by Crippen LogP contribution is -2.20. The molecule has 6 heteroatoms. The van der Waals surface area contributed by atoms with E-state index in [1.165, 1.54) is 23.8 Å². The maximum Gasteiger partial charge on any atom is 0.335 e. The molecule has 0 saturated heterocycles. The van der Waals surface area contributed by atoms with Gasteiger partial charge in [-0.15, -0.1) is 0 Å².